The van der Waals surface area contributed by atoms with E-state index in [4.69, 9.17) is 10.1 Å². The molecule has 176 valence electrons. The van der Waals surface area contributed by atoms with Crippen LogP contribution in [-0.2, 0) is 29.0 Å². The normalized spacial score (nSPS) is 14.7. The van der Waals surface area contributed by atoms with Gasteiger partial charge in [-0.2, -0.15) is 5.10 Å². The number of aromatic nitrogens is 3. The smallest absolute Gasteiger partial charge is 0.232 e. The van der Waals surface area contributed by atoms with Crippen molar-refractivity contribution < 1.29 is 9.59 Å². The summed E-state index contributed by atoms with van der Waals surface area (Å²) in [5.74, 6) is 1.60. The van der Waals surface area contributed by atoms with Crippen LogP contribution in [0.1, 0.15) is 68.7 Å². The Labute approximate surface area is 201 Å². The van der Waals surface area contributed by atoms with Crippen molar-refractivity contribution in [3.05, 3.63) is 77.0 Å². The van der Waals surface area contributed by atoms with Crippen molar-refractivity contribution >= 4 is 17.8 Å². The van der Waals surface area contributed by atoms with Gasteiger partial charge in [0.25, 0.3) is 0 Å². The highest BCUT2D eigenvalue weighted by atomic mass is 16.2. The number of rotatable bonds is 10. The SMILES string of the molecule is CCCCc1nc(CCCC)n(Cc2ccc(-c3ccccc3/C=C3\NC(=O)CC3=O)cc2)n1. The molecule has 0 spiro atoms. The molecule has 2 aromatic carbocycles. The molecule has 1 aliphatic rings. The Bertz CT molecular complexity index is 1190. The van der Waals surface area contributed by atoms with E-state index < -0.39 is 0 Å². The van der Waals surface area contributed by atoms with Gasteiger partial charge in [-0.25, -0.2) is 9.67 Å². The molecule has 3 aromatic rings. The molecule has 1 aliphatic heterocycles. The largest absolute Gasteiger partial charge is 0.323 e. The van der Waals surface area contributed by atoms with Crippen LogP contribution in [0.4, 0.5) is 0 Å². The number of carbonyl (C=O) groups excluding carboxylic acids is 2. The van der Waals surface area contributed by atoms with Crippen LogP contribution in [0, 0.1) is 0 Å². The van der Waals surface area contributed by atoms with Crippen molar-refractivity contribution in [1.82, 2.24) is 20.1 Å². The van der Waals surface area contributed by atoms with Gasteiger partial charge in [0.1, 0.15) is 5.82 Å². The number of aryl methyl sites for hydroxylation is 2. The molecule has 0 atom stereocenters. The second-order valence-corrected chi connectivity index (χ2v) is 8.80. The van der Waals surface area contributed by atoms with Gasteiger partial charge in [0, 0.05) is 12.8 Å². The third kappa shape index (κ3) is 5.68. The fourth-order valence-electron chi connectivity index (χ4n) is 4.14. The minimum Gasteiger partial charge on any atom is -0.323 e. The number of nitrogens with one attached hydrogen (secondary N) is 1. The van der Waals surface area contributed by atoms with Crippen LogP contribution in [0.5, 0.6) is 0 Å². The van der Waals surface area contributed by atoms with Gasteiger partial charge in [0.05, 0.1) is 18.7 Å². The van der Waals surface area contributed by atoms with E-state index in [-0.39, 0.29) is 18.1 Å². The maximum absolute atomic E-state index is 12.0. The molecule has 0 radical (unpaired) electrons. The molecule has 0 aliphatic carbocycles. The first-order valence-corrected chi connectivity index (χ1v) is 12.2. The first kappa shape index (κ1) is 23.6. The lowest BCUT2D eigenvalue weighted by Gasteiger charge is -2.10. The standard InChI is InChI=1S/C28H32N4O2/c1-3-5-11-26-30-27(12-6-4-2)32(31-26)19-20-13-15-21(16-14-20)23-10-8-7-9-22(23)17-24-25(33)18-28(34)29-24/h7-10,13-17H,3-6,11-12,18-19H2,1-2H3,(H,29,34)/b24-17-. The van der Waals surface area contributed by atoms with Crippen LogP contribution in [-0.4, -0.2) is 26.5 Å². The van der Waals surface area contributed by atoms with Crippen LogP contribution >= 0.6 is 0 Å². The van der Waals surface area contributed by atoms with E-state index in [1.165, 1.54) is 5.56 Å². The van der Waals surface area contributed by atoms with Crippen molar-refractivity contribution in [2.45, 2.75) is 65.3 Å². The van der Waals surface area contributed by atoms with Gasteiger partial charge in [-0.3, -0.25) is 9.59 Å². The van der Waals surface area contributed by atoms with Gasteiger partial charge in [-0.05, 0) is 41.2 Å². The summed E-state index contributed by atoms with van der Waals surface area (Å²) >= 11 is 0. The van der Waals surface area contributed by atoms with Crippen LogP contribution in [0.15, 0.2) is 54.2 Å². The Hall–Kier alpha value is -3.54. The zero-order valence-corrected chi connectivity index (χ0v) is 20.0. The molecule has 1 amide bonds. The van der Waals surface area contributed by atoms with E-state index in [9.17, 15) is 9.59 Å². The Balaban J connectivity index is 1.55. The van der Waals surface area contributed by atoms with Gasteiger partial charge >= 0.3 is 0 Å². The van der Waals surface area contributed by atoms with E-state index >= 15 is 0 Å². The fourth-order valence-corrected chi connectivity index (χ4v) is 4.14. The van der Waals surface area contributed by atoms with E-state index in [2.05, 4.69) is 48.1 Å². The number of benzene rings is 2. The maximum atomic E-state index is 12.0. The van der Waals surface area contributed by atoms with Crippen molar-refractivity contribution in [2.24, 2.45) is 0 Å². The van der Waals surface area contributed by atoms with Gasteiger partial charge in [0.15, 0.2) is 11.6 Å². The number of hydrogen-bond acceptors (Lipinski definition) is 4. The highest BCUT2D eigenvalue weighted by molar-refractivity contribution is 6.17. The molecule has 0 unspecified atom stereocenters. The summed E-state index contributed by atoms with van der Waals surface area (Å²) in [6.07, 6.45) is 8.06. The summed E-state index contributed by atoms with van der Waals surface area (Å²) < 4.78 is 2.06. The molecule has 1 aromatic heterocycles. The fraction of sp³-hybridized carbons (Fsp3) is 0.357. The van der Waals surface area contributed by atoms with Crippen LogP contribution in [0.2, 0.25) is 0 Å². The van der Waals surface area contributed by atoms with Gasteiger partial charge in [0.2, 0.25) is 5.91 Å². The van der Waals surface area contributed by atoms with Gasteiger partial charge in [-0.15, -0.1) is 0 Å². The summed E-state index contributed by atoms with van der Waals surface area (Å²) in [7, 11) is 0. The topological polar surface area (TPSA) is 76.9 Å². The molecule has 1 saturated heterocycles. The molecule has 1 N–H and O–H groups in total. The molecular formula is C28H32N4O2. The Morgan fingerprint density at radius 1 is 0.971 bits per heavy atom. The highest BCUT2D eigenvalue weighted by Crippen LogP contribution is 2.27. The second-order valence-electron chi connectivity index (χ2n) is 8.80. The van der Waals surface area contributed by atoms with E-state index in [1.807, 2.05) is 24.3 Å². The first-order chi connectivity index (χ1) is 16.6. The van der Waals surface area contributed by atoms with Crippen LogP contribution in [0.25, 0.3) is 17.2 Å². The minimum atomic E-state index is -0.248. The minimum absolute atomic E-state index is 0.0780. The number of amides is 1. The summed E-state index contributed by atoms with van der Waals surface area (Å²) in [6.45, 7) is 5.08. The molecular weight excluding hydrogens is 424 g/mol. The average Bonchev–Trinajstić information content (AvgIpc) is 3.38. The zero-order valence-electron chi connectivity index (χ0n) is 20.0. The summed E-state index contributed by atoms with van der Waals surface area (Å²) in [5, 5.41) is 7.45. The lowest BCUT2D eigenvalue weighted by molar-refractivity contribution is -0.121. The summed E-state index contributed by atoms with van der Waals surface area (Å²) in [6, 6.07) is 16.4. The van der Waals surface area contributed by atoms with Crippen molar-refractivity contribution in [3.8, 4) is 11.1 Å². The van der Waals surface area contributed by atoms with Crippen molar-refractivity contribution in [1.29, 1.82) is 0 Å². The zero-order chi connectivity index (χ0) is 23.9. The Morgan fingerprint density at radius 3 is 2.41 bits per heavy atom. The molecule has 1 fully saturated rings. The number of carbonyl (C=O) groups is 2. The summed E-state index contributed by atoms with van der Waals surface area (Å²) in [4.78, 5) is 28.4. The number of ketones is 1. The second kappa shape index (κ2) is 11.1. The first-order valence-electron chi connectivity index (χ1n) is 12.2. The lowest BCUT2D eigenvalue weighted by atomic mass is 9.97. The predicted octanol–water partition coefficient (Wildman–Crippen LogP) is 5.11. The molecule has 0 bridgehead atoms. The van der Waals surface area contributed by atoms with E-state index in [0.717, 1.165) is 66.9 Å². The lowest BCUT2D eigenvalue weighted by Crippen LogP contribution is -2.12. The van der Waals surface area contributed by atoms with Gasteiger partial charge in [-0.1, -0.05) is 75.2 Å². The molecule has 6 heteroatoms. The Morgan fingerprint density at radius 2 is 1.71 bits per heavy atom. The third-order valence-electron chi connectivity index (χ3n) is 6.05. The molecule has 4 rings (SSSR count). The molecule has 0 saturated carbocycles. The van der Waals surface area contributed by atoms with Crippen molar-refractivity contribution in [2.75, 3.05) is 0 Å². The Kier molecular flexibility index (Phi) is 7.68. The number of Topliss-reactive ketones (excluding diaryl/α,β-unsaturated/α-hetero) is 1. The third-order valence-corrected chi connectivity index (χ3v) is 6.05. The number of allylic oxidation sites excluding steroid dienone is 1. The number of nitrogens with zero attached hydrogens (tertiary/aromatic N) is 3. The van der Waals surface area contributed by atoms with Gasteiger partial charge < -0.3 is 5.32 Å². The van der Waals surface area contributed by atoms with Crippen LogP contribution < -0.4 is 5.32 Å². The molecule has 34 heavy (non-hydrogen) atoms. The highest BCUT2D eigenvalue weighted by Gasteiger charge is 2.24. The van der Waals surface area contributed by atoms with E-state index in [0.29, 0.717) is 12.2 Å². The predicted molar refractivity (Wildman–Crippen MR) is 134 cm³/mol. The maximum Gasteiger partial charge on any atom is 0.232 e. The number of unbranched alkanes of at least 4 members (excludes halogenated alkanes) is 2. The average molecular weight is 457 g/mol. The summed E-state index contributed by atoms with van der Waals surface area (Å²) in [5.41, 5.74) is 4.50. The number of hydrogen-bond donors (Lipinski definition) is 1. The van der Waals surface area contributed by atoms with Crippen molar-refractivity contribution in [3.63, 3.8) is 0 Å². The molecule has 2 heterocycles. The van der Waals surface area contributed by atoms with E-state index in [1.54, 1.807) is 6.08 Å². The quantitative estimate of drug-likeness (QED) is 0.340. The van der Waals surface area contributed by atoms with Crippen LogP contribution in [0.3, 0.4) is 0 Å². The monoisotopic (exact) mass is 456 g/mol. The molecule has 6 nitrogen and oxygen atoms in total.